The van der Waals surface area contributed by atoms with Crippen molar-refractivity contribution >= 4 is 11.8 Å². The van der Waals surface area contributed by atoms with Gasteiger partial charge >= 0.3 is 6.18 Å². The molecule has 1 aliphatic heterocycles. The van der Waals surface area contributed by atoms with E-state index in [1.54, 1.807) is 9.80 Å². The van der Waals surface area contributed by atoms with Crippen LogP contribution in [-0.4, -0.2) is 54.4 Å². The lowest BCUT2D eigenvalue weighted by Crippen LogP contribution is -2.37. The Balaban J connectivity index is 1.50. The molecule has 2 amide bonds. The van der Waals surface area contributed by atoms with Gasteiger partial charge in [-0.1, -0.05) is 18.2 Å². The lowest BCUT2D eigenvalue weighted by atomic mass is 10.1. The van der Waals surface area contributed by atoms with Crippen LogP contribution in [0.25, 0.3) is 0 Å². The van der Waals surface area contributed by atoms with Crippen molar-refractivity contribution in [2.75, 3.05) is 32.8 Å². The third kappa shape index (κ3) is 5.75. The first kappa shape index (κ1) is 21.7. The molecule has 160 valence electrons. The van der Waals surface area contributed by atoms with Crippen LogP contribution in [0.5, 0.6) is 5.75 Å². The predicted molar refractivity (Wildman–Crippen MR) is 105 cm³/mol. The fraction of sp³-hybridized carbons (Fsp3) is 0.364. The molecule has 0 atom stereocenters. The summed E-state index contributed by atoms with van der Waals surface area (Å²) in [5.74, 6) is 0.328. The molecule has 2 aromatic rings. The van der Waals surface area contributed by atoms with Crippen LogP contribution in [-0.2, 0) is 11.0 Å². The Bertz CT molecular complexity index is 854. The van der Waals surface area contributed by atoms with Gasteiger partial charge in [0, 0.05) is 31.7 Å². The molecule has 0 aliphatic carbocycles. The van der Waals surface area contributed by atoms with Crippen molar-refractivity contribution in [1.82, 2.24) is 9.80 Å². The van der Waals surface area contributed by atoms with Crippen molar-refractivity contribution in [3.05, 3.63) is 65.7 Å². The summed E-state index contributed by atoms with van der Waals surface area (Å²) in [5, 5.41) is 0. The second-order valence-corrected chi connectivity index (χ2v) is 7.01. The zero-order chi connectivity index (χ0) is 21.6. The molecule has 0 saturated carbocycles. The summed E-state index contributed by atoms with van der Waals surface area (Å²) in [6, 6.07) is 13.4. The molecule has 0 bridgehead atoms. The Labute approximate surface area is 173 Å². The summed E-state index contributed by atoms with van der Waals surface area (Å²) in [6.45, 7) is 1.97. The summed E-state index contributed by atoms with van der Waals surface area (Å²) >= 11 is 0. The first-order chi connectivity index (χ1) is 14.3. The first-order valence-corrected chi connectivity index (χ1v) is 9.77. The van der Waals surface area contributed by atoms with Crippen molar-refractivity contribution < 1.29 is 27.5 Å². The average Bonchev–Trinajstić information content (AvgIpc) is 3.00. The SMILES string of the molecule is O=C(CCOc1ccccc1)N1CCCN(C(=O)c2ccc(C(F)(F)F)cc2)CC1. The molecule has 1 heterocycles. The lowest BCUT2D eigenvalue weighted by molar-refractivity contribution is -0.137. The van der Waals surface area contributed by atoms with Gasteiger partial charge in [-0.25, -0.2) is 0 Å². The van der Waals surface area contributed by atoms with Gasteiger partial charge in [-0.05, 0) is 42.8 Å². The highest BCUT2D eigenvalue weighted by Gasteiger charge is 2.30. The Morgan fingerprint density at radius 3 is 2.17 bits per heavy atom. The van der Waals surface area contributed by atoms with E-state index in [0.717, 1.165) is 12.1 Å². The standard InChI is InChI=1S/C22H23F3N2O3/c23-22(24,25)18-9-7-17(8-10-18)21(29)27-13-4-12-26(14-15-27)20(28)11-16-30-19-5-2-1-3-6-19/h1-3,5-10H,4,11-16H2. The summed E-state index contributed by atoms with van der Waals surface area (Å²) < 4.78 is 43.6. The van der Waals surface area contributed by atoms with Crippen LogP contribution in [0, 0.1) is 0 Å². The molecule has 30 heavy (non-hydrogen) atoms. The van der Waals surface area contributed by atoms with Gasteiger partial charge in [0.2, 0.25) is 5.91 Å². The van der Waals surface area contributed by atoms with Crippen LogP contribution in [0.15, 0.2) is 54.6 Å². The second-order valence-electron chi connectivity index (χ2n) is 7.01. The summed E-state index contributed by atoms with van der Waals surface area (Å²) in [4.78, 5) is 28.4. The largest absolute Gasteiger partial charge is 0.493 e. The monoisotopic (exact) mass is 420 g/mol. The molecule has 0 radical (unpaired) electrons. The summed E-state index contributed by atoms with van der Waals surface area (Å²) in [7, 11) is 0. The second kappa shape index (κ2) is 9.65. The van der Waals surface area contributed by atoms with E-state index in [4.69, 9.17) is 4.74 Å². The number of alkyl halides is 3. The van der Waals surface area contributed by atoms with E-state index >= 15 is 0 Å². The van der Waals surface area contributed by atoms with E-state index in [0.29, 0.717) is 38.3 Å². The highest BCUT2D eigenvalue weighted by Crippen LogP contribution is 2.29. The quantitative estimate of drug-likeness (QED) is 0.738. The Kier molecular flexibility index (Phi) is 6.97. The van der Waals surface area contributed by atoms with Crippen molar-refractivity contribution in [2.45, 2.75) is 19.0 Å². The van der Waals surface area contributed by atoms with E-state index in [1.807, 2.05) is 30.3 Å². The molecule has 1 saturated heterocycles. The van der Waals surface area contributed by atoms with Gasteiger partial charge in [-0.15, -0.1) is 0 Å². The third-order valence-electron chi connectivity index (χ3n) is 4.92. The minimum absolute atomic E-state index is 0.0465. The van der Waals surface area contributed by atoms with Crippen LogP contribution < -0.4 is 4.74 Å². The third-order valence-corrected chi connectivity index (χ3v) is 4.92. The van der Waals surface area contributed by atoms with Crippen molar-refractivity contribution in [3.8, 4) is 5.75 Å². The van der Waals surface area contributed by atoms with Crippen LogP contribution >= 0.6 is 0 Å². The number of carbonyl (C=O) groups excluding carboxylic acids is 2. The number of nitrogens with zero attached hydrogens (tertiary/aromatic N) is 2. The molecule has 1 fully saturated rings. The molecular formula is C22H23F3N2O3. The smallest absolute Gasteiger partial charge is 0.416 e. The van der Waals surface area contributed by atoms with Crippen molar-refractivity contribution in [3.63, 3.8) is 0 Å². The molecule has 3 rings (SSSR count). The molecule has 1 aliphatic rings. The number of para-hydroxylation sites is 1. The minimum atomic E-state index is -4.44. The Hall–Kier alpha value is -3.03. The van der Waals surface area contributed by atoms with Crippen molar-refractivity contribution in [1.29, 1.82) is 0 Å². The van der Waals surface area contributed by atoms with Crippen LogP contribution in [0.3, 0.4) is 0 Å². The summed E-state index contributed by atoms with van der Waals surface area (Å²) in [5.41, 5.74) is -0.580. The predicted octanol–water partition coefficient (Wildman–Crippen LogP) is 3.85. The number of amides is 2. The van der Waals surface area contributed by atoms with Gasteiger partial charge in [0.15, 0.2) is 0 Å². The van der Waals surface area contributed by atoms with Crippen LogP contribution in [0.2, 0.25) is 0 Å². The Morgan fingerprint density at radius 2 is 1.50 bits per heavy atom. The highest BCUT2D eigenvalue weighted by molar-refractivity contribution is 5.94. The number of ether oxygens (including phenoxy) is 1. The topological polar surface area (TPSA) is 49.9 Å². The molecule has 0 unspecified atom stereocenters. The average molecular weight is 420 g/mol. The van der Waals surface area contributed by atoms with Crippen LogP contribution in [0.1, 0.15) is 28.8 Å². The van der Waals surface area contributed by atoms with E-state index in [-0.39, 0.29) is 30.4 Å². The molecule has 2 aromatic carbocycles. The van der Waals surface area contributed by atoms with E-state index in [9.17, 15) is 22.8 Å². The molecule has 8 heteroatoms. The van der Waals surface area contributed by atoms with Gasteiger partial charge in [-0.2, -0.15) is 13.2 Å². The van der Waals surface area contributed by atoms with Crippen molar-refractivity contribution in [2.24, 2.45) is 0 Å². The van der Waals surface area contributed by atoms with Gasteiger partial charge in [0.25, 0.3) is 5.91 Å². The fourth-order valence-electron chi connectivity index (χ4n) is 3.29. The van der Waals surface area contributed by atoms with Gasteiger partial charge in [0.1, 0.15) is 5.75 Å². The van der Waals surface area contributed by atoms with E-state index in [1.165, 1.54) is 12.1 Å². The minimum Gasteiger partial charge on any atom is -0.493 e. The maximum absolute atomic E-state index is 12.7. The molecular weight excluding hydrogens is 397 g/mol. The van der Waals surface area contributed by atoms with Gasteiger partial charge in [-0.3, -0.25) is 9.59 Å². The normalized spacial score (nSPS) is 14.9. The van der Waals surface area contributed by atoms with Gasteiger partial charge < -0.3 is 14.5 Å². The van der Waals surface area contributed by atoms with Gasteiger partial charge in [0.05, 0.1) is 18.6 Å². The maximum atomic E-state index is 12.7. The molecule has 5 nitrogen and oxygen atoms in total. The number of hydrogen-bond acceptors (Lipinski definition) is 3. The molecule has 0 aromatic heterocycles. The number of hydrogen-bond donors (Lipinski definition) is 0. The highest BCUT2D eigenvalue weighted by atomic mass is 19.4. The maximum Gasteiger partial charge on any atom is 0.416 e. The zero-order valence-corrected chi connectivity index (χ0v) is 16.4. The summed E-state index contributed by atoms with van der Waals surface area (Å²) in [6.07, 6.45) is -3.59. The van der Waals surface area contributed by atoms with E-state index < -0.39 is 11.7 Å². The number of benzene rings is 2. The fourth-order valence-corrected chi connectivity index (χ4v) is 3.29. The first-order valence-electron chi connectivity index (χ1n) is 9.77. The number of rotatable bonds is 5. The molecule has 0 N–H and O–H groups in total. The van der Waals surface area contributed by atoms with Crippen LogP contribution in [0.4, 0.5) is 13.2 Å². The number of halogens is 3. The van der Waals surface area contributed by atoms with E-state index in [2.05, 4.69) is 0 Å². The zero-order valence-electron chi connectivity index (χ0n) is 16.4. The Morgan fingerprint density at radius 1 is 0.867 bits per heavy atom. The molecule has 0 spiro atoms. The lowest BCUT2D eigenvalue weighted by Gasteiger charge is -2.22. The number of carbonyl (C=O) groups is 2.